The molecule has 0 saturated carbocycles. The Kier molecular flexibility index (Phi) is 9.17. The van der Waals surface area contributed by atoms with Crippen LogP contribution in [0.5, 0.6) is 0 Å². The van der Waals surface area contributed by atoms with Crippen LogP contribution in [0.25, 0.3) is 0 Å². The van der Waals surface area contributed by atoms with Gasteiger partial charge in [-0.2, -0.15) is 0 Å². The van der Waals surface area contributed by atoms with E-state index in [1.807, 2.05) is 19.2 Å². The van der Waals surface area contributed by atoms with Crippen LogP contribution in [-0.4, -0.2) is 97.1 Å². The topological polar surface area (TPSA) is 83.4 Å². The number of hydrogen-bond donors (Lipinski definition) is 3. The molecule has 3 N–H and O–H groups in total. The van der Waals surface area contributed by atoms with Gasteiger partial charge >= 0.3 is 0 Å². The highest BCUT2D eigenvalue weighted by molar-refractivity contribution is 5.85. The molecule has 0 bridgehead atoms. The number of aliphatic imine (C=N–C) groups is 1. The smallest absolute Gasteiger partial charge is 0.227 e. The molecule has 4 unspecified atom stereocenters. The summed E-state index contributed by atoms with van der Waals surface area (Å²) in [5.74, 6) is 0.684. The number of hydrogen-bond acceptors (Lipinski definition) is 7. The van der Waals surface area contributed by atoms with E-state index < -0.39 is 6.23 Å². The van der Waals surface area contributed by atoms with Gasteiger partial charge in [-0.25, -0.2) is 4.99 Å². The Balaban J connectivity index is 1.29. The molecule has 36 heavy (non-hydrogen) atoms. The number of rotatable bonds is 9. The van der Waals surface area contributed by atoms with Crippen molar-refractivity contribution in [2.45, 2.75) is 58.0 Å². The van der Waals surface area contributed by atoms with Gasteiger partial charge in [0.2, 0.25) is 5.91 Å². The molecule has 1 amide bonds. The molecular weight excluding hydrogens is 452 g/mol. The van der Waals surface area contributed by atoms with Crippen LogP contribution in [0, 0.1) is 11.8 Å². The van der Waals surface area contributed by atoms with Gasteiger partial charge in [-0.1, -0.05) is 31.2 Å². The van der Waals surface area contributed by atoms with Gasteiger partial charge in [-0.15, -0.1) is 0 Å². The van der Waals surface area contributed by atoms with Crippen LogP contribution in [0.3, 0.4) is 0 Å². The number of aliphatic hydroxyl groups is 1. The average Bonchev–Trinajstić information content (AvgIpc) is 2.87. The van der Waals surface area contributed by atoms with Gasteiger partial charge in [-0.3, -0.25) is 14.6 Å². The lowest BCUT2D eigenvalue weighted by molar-refractivity contribution is -0.124. The molecule has 1 saturated heterocycles. The lowest BCUT2D eigenvalue weighted by Gasteiger charge is -2.35. The van der Waals surface area contributed by atoms with E-state index in [9.17, 15) is 9.90 Å². The number of nitrogens with zero attached hydrogens (tertiary/aromatic N) is 4. The van der Waals surface area contributed by atoms with Crippen molar-refractivity contribution < 1.29 is 9.90 Å². The number of carbonyl (C=O) groups is 1. The van der Waals surface area contributed by atoms with Crippen LogP contribution in [-0.2, 0) is 17.8 Å². The number of benzene rings is 1. The van der Waals surface area contributed by atoms with E-state index in [2.05, 4.69) is 75.6 Å². The molecule has 0 spiro atoms. The van der Waals surface area contributed by atoms with E-state index in [0.717, 1.165) is 57.8 Å². The summed E-state index contributed by atoms with van der Waals surface area (Å²) in [6.07, 6.45) is 6.48. The molecule has 3 heterocycles. The zero-order chi connectivity index (χ0) is 25.7. The van der Waals surface area contributed by atoms with Crippen molar-refractivity contribution in [2.75, 3.05) is 46.8 Å². The maximum atomic E-state index is 13.2. The first kappa shape index (κ1) is 26.8. The molecule has 8 nitrogen and oxygen atoms in total. The fourth-order valence-corrected chi connectivity index (χ4v) is 5.44. The van der Waals surface area contributed by atoms with Gasteiger partial charge in [0, 0.05) is 63.5 Å². The second-order valence-electron chi connectivity index (χ2n) is 10.9. The van der Waals surface area contributed by atoms with E-state index in [4.69, 9.17) is 0 Å². The number of carbonyl (C=O) groups excluding carboxylic acids is 1. The third-order valence-electron chi connectivity index (χ3n) is 7.99. The lowest BCUT2D eigenvalue weighted by Crippen LogP contribution is -2.49. The molecule has 8 heteroatoms. The summed E-state index contributed by atoms with van der Waals surface area (Å²) in [4.78, 5) is 24.6. The number of aliphatic hydroxyl groups excluding tert-OH is 1. The van der Waals surface area contributed by atoms with Crippen LogP contribution >= 0.6 is 0 Å². The first-order valence-corrected chi connectivity index (χ1v) is 13.5. The first-order chi connectivity index (χ1) is 17.3. The monoisotopic (exact) mass is 496 g/mol. The molecule has 1 aromatic rings. The van der Waals surface area contributed by atoms with Crippen LogP contribution in [0.1, 0.15) is 37.8 Å². The highest BCUT2D eigenvalue weighted by Crippen LogP contribution is 2.22. The molecule has 0 aromatic heterocycles. The molecule has 0 radical (unpaired) electrons. The number of likely N-dealkylation sites (tertiary alicyclic amines) is 1. The maximum Gasteiger partial charge on any atom is 0.227 e. The number of nitrogens with one attached hydrogen (secondary N) is 2. The molecule has 1 fully saturated rings. The Bertz CT molecular complexity index is 938. The standard InChI is InChI=1S/C28H44N6O2/c1-20-16-29-27(31-24-10-13-34(14-11-24)21(2)35)15-26(20)28(36)30-17-25(32(3)4)19-33-12-9-22-7-5-6-8-23(22)18-33/h5-8,15-16,20-21,24-26,31,35H,9-14,17-19H2,1-4H3,(H,30,36). The molecular formula is C28H44N6O2. The SMILES string of the molecule is CC1C=NC(NC2CCN(C(C)O)CC2)=CC1C(=O)NCC(CN1CCc2ccccc2C1)N(C)C. The molecule has 1 aromatic carbocycles. The van der Waals surface area contributed by atoms with E-state index in [-0.39, 0.29) is 23.8 Å². The fraction of sp³-hybridized carbons (Fsp3) is 0.643. The van der Waals surface area contributed by atoms with E-state index in [0.29, 0.717) is 12.6 Å². The summed E-state index contributed by atoms with van der Waals surface area (Å²) in [5, 5.41) is 16.6. The van der Waals surface area contributed by atoms with Crippen LogP contribution in [0.2, 0.25) is 0 Å². The number of piperidine rings is 1. The highest BCUT2D eigenvalue weighted by Gasteiger charge is 2.29. The Morgan fingerprint density at radius 3 is 2.61 bits per heavy atom. The van der Waals surface area contributed by atoms with Crippen molar-refractivity contribution in [1.82, 2.24) is 25.3 Å². The largest absolute Gasteiger partial charge is 0.379 e. The zero-order valence-corrected chi connectivity index (χ0v) is 22.4. The quantitative estimate of drug-likeness (QED) is 0.482. The van der Waals surface area contributed by atoms with Gasteiger partial charge in [0.15, 0.2) is 0 Å². The van der Waals surface area contributed by atoms with Gasteiger partial charge in [-0.05, 0) is 57.5 Å². The summed E-state index contributed by atoms with van der Waals surface area (Å²) in [6, 6.07) is 9.27. The summed E-state index contributed by atoms with van der Waals surface area (Å²) < 4.78 is 0. The highest BCUT2D eigenvalue weighted by atomic mass is 16.3. The van der Waals surface area contributed by atoms with E-state index in [1.165, 1.54) is 11.1 Å². The summed E-state index contributed by atoms with van der Waals surface area (Å²) in [5.41, 5.74) is 2.88. The van der Waals surface area contributed by atoms with Gasteiger partial charge in [0.25, 0.3) is 0 Å². The molecule has 0 aliphatic carbocycles. The molecule has 198 valence electrons. The average molecular weight is 497 g/mol. The minimum absolute atomic E-state index is 0.0593. The Labute approximate surface area is 216 Å². The Morgan fingerprint density at radius 1 is 1.19 bits per heavy atom. The van der Waals surface area contributed by atoms with Gasteiger partial charge in [0.1, 0.15) is 12.0 Å². The van der Waals surface area contributed by atoms with Gasteiger partial charge < -0.3 is 20.6 Å². The second-order valence-corrected chi connectivity index (χ2v) is 10.9. The molecule has 4 rings (SSSR count). The predicted octanol–water partition coefficient (Wildman–Crippen LogP) is 1.66. The zero-order valence-electron chi connectivity index (χ0n) is 22.4. The number of fused-ring (bicyclic) bond motifs is 1. The first-order valence-electron chi connectivity index (χ1n) is 13.5. The molecule has 3 aliphatic heterocycles. The maximum absolute atomic E-state index is 13.2. The van der Waals surface area contributed by atoms with Crippen LogP contribution in [0.15, 0.2) is 41.2 Å². The van der Waals surface area contributed by atoms with E-state index in [1.54, 1.807) is 0 Å². The van der Waals surface area contributed by atoms with Crippen molar-refractivity contribution >= 4 is 12.1 Å². The third-order valence-corrected chi connectivity index (χ3v) is 7.99. The lowest BCUT2D eigenvalue weighted by atomic mass is 9.91. The second kappa shape index (κ2) is 12.3. The van der Waals surface area contributed by atoms with Crippen molar-refractivity contribution in [1.29, 1.82) is 0 Å². The van der Waals surface area contributed by atoms with Crippen molar-refractivity contribution in [3.05, 3.63) is 47.3 Å². The predicted molar refractivity (Wildman–Crippen MR) is 145 cm³/mol. The normalized spacial score (nSPS) is 25.2. The Hall–Kier alpha value is -2.26. The Morgan fingerprint density at radius 2 is 1.92 bits per heavy atom. The summed E-state index contributed by atoms with van der Waals surface area (Å²) >= 11 is 0. The summed E-state index contributed by atoms with van der Waals surface area (Å²) in [7, 11) is 4.19. The van der Waals surface area contributed by atoms with Crippen molar-refractivity contribution in [2.24, 2.45) is 16.8 Å². The van der Waals surface area contributed by atoms with Crippen molar-refractivity contribution in [3.63, 3.8) is 0 Å². The summed E-state index contributed by atoms with van der Waals surface area (Å²) in [6.45, 7) is 9.17. The molecule has 4 atom stereocenters. The minimum Gasteiger partial charge on any atom is -0.379 e. The number of amides is 1. The third kappa shape index (κ3) is 6.94. The number of likely N-dealkylation sites (N-methyl/N-ethyl adjacent to an activating group) is 1. The van der Waals surface area contributed by atoms with Crippen LogP contribution in [0.4, 0.5) is 0 Å². The minimum atomic E-state index is -0.400. The van der Waals surface area contributed by atoms with Gasteiger partial charge in [0.05, 0.1) is 5.92 Å². The fourth-order valence-electron chi connectivity index (χ4n) is 5.44. The molecule has 3 aliphatic rings. The van der Waals surface area contributed by atoms with Crippen molar-refractivity contribution in [3.8, 4) is 0 Å². The van der Waals surface area contributed by atoms with Crippen LogP contribution < -0.4 is 10.6 Å². The van der Waals surface area contributed by atoms with E-state index >= 15 is 0 Å².